The molecule has 1 aromatic carbocycles. The second-order valence-electron chi connectivity index (χ2n) is 8.17. The van der Waals surface area contributed by atoms with Crippen molar-refractivity contribution in [3.8, 4) is 0 Å². The van der Waals surface area contributed by atoms with Crippen LogP contribution in [0.4, 0.5) is 13.6 Å². The Labute approximate surface area is 162 Å². The fraction of sp³-hybridized carbons (Fsp3) is 0.600. The van der Waals surface area contributed by atoms with Crippen molar-refractivity contribution in [2.24, 2.45) is 0 Å². The molecule has 6 nitrogen and oxygen atoms in total. The van der Waals surface area contributed by atoms with E-state index in [1.54, 1.807) is 4.90 Å². The lowest BCUT2D eigenvalue weighted by Gasteiger charge is -2.45. The molecule has 0 saturated carbocycles. The van der Waals surface area contributed by atoms with Crippen LogP contribution in [-0.4, -0.2) is 64.2 Å². The number of piperidine rings is 2. The summed E-state index contributed by atoms with van der Waals surface area (Å²) < 4.78 is 26.7. The molecule has 3 aliphatic heterocycles. The molecule has 1 aromatic rings. The van der Waals surface area contributed by atoms with Gasteiger partial charge in [0, 0.05) is 42.3 Å². The smallest absolute Gasteiger partial charge is 0.407 e. The highest BCUT2D eigenvalue weighted by molar-refractivity contribution is 5.94. The highest BCUT2D eigenvalue weighted by Gasteiger charge is 2.45. The predicted molar refractivity (Wildman–Crippen MR) is 98.1 cm³/mol. The Balaban J connectivity index is 1.37. The standard InChI is InChI=1S/C20H25F2N3O3/c21-13-6-12(7-14(22)8-13)19(26)23-15-2-1-5-24(11-15)18-9-16-3-4-17(10-18)25(16)20(27)28/h6-8,15-18H,1-5,9-11H2,(H,23,26)(H,27,28). The summed E-state index contributed by atoms with van der Waals surface area (Å²) >= 11 is 0. The molecular weight excluding hydrogens is 368 g/mol. The fourth-order valence-electron chi connectivity index (χ4n) is 5.17. The molecule has 3 unspecified atom stereocenters. The summed E-state index contributed by atoms with van der Waals surface area (Å²) in [7, 11) is 0. The number of carboxylic acid groups (broad SMARTS) is 1. The zero-order valence-corrected chi connectivity index (χ0v) is 15.6. The zero-order valence-electron chi connectivity index (χ0n) is 15.6. The van der Waals surface area contributed by atoms with Crippen LogP contribution in [-0.2, 0) is 0 Å². The van der Waals surface area contributed by atoms with Crippen molar-refractivity contribution in [2.75, 3.05) is 13.1 Å². The van der Waals surface area contributed by atoms with Crippen molar-refractivity contribution in [3.05, 3.63) is 35.4 Å². The Kier molecular flexibility index (Phi) is 5.23. The van der Waals surface area contributed by atoms with Crippen molar-refractivity contribution < 1.29 is 23.5 Å². The molecule has 3 saturated heterocycles. The van der Waals surface area contributed by atoms with Crippen molar-refractivity contribution >= 4 is 12.0 Å². The molecule has 2 bridgehead atoms. The van der Waals surface area contributed by atoms with Crippen molar-refractivity contribution in [1.29, 1.82) is 0 Å². The van der Waals surface area contributed by atoms with Crippen molar-refractivity contribution in [3.63, 3.8) is 0 Å². The van der Waals surface area contributed by atoms with Gasteiger partial charge in [-0.15, -0.1) is 0 Å². The van der Waals surface area contributed by atoms with E-state index in [4.69, 9.17) is 0 Å². The molecule has 28 heavy (non-hydrogen) atoms. The topological polar surface area (TPSA) is 72.9 Å². The van der Waals surface area contributed by atoms with Gasteiger partial charge in [0.25, 0.3) is 5.91 Å². The number of hydrogen-bond acceptors (Lipinski definition) is 3. The van der Waals surface area contributed by atoms with Gasteiger partial charge in [0.15, 0.2) is 0 Å². The first-order chi connectivity index (χ1) is 13.4. The van der Waals surface area contributed by atoms with Crippen LogP contribution in [0.1, 0.15) is 48.9 Å². The Morgan fingerprint density at radius 1 is 1.00 bits per heavy atom. The molecule has 152 valence electrons. The normalized spacial score (nSPS) is 30.3. The molecule has 0 radical (unpaired) electrons. The lowest BCUT2D eigenvalue weighted by Crippen LogP contribution is -2.56. The largest absolute Gasteiger partial charge is 0.465 e. The number of hydrogen-bond donors (Lipinski definition) is 2. The number of nitrogens with zero attached hydrogens (tertiary/aromatic N) is 2. The first-order valence-electron chi connectivity index (χ1n) is 9.93. The second kappa shape index (κ2) is 7.66. The molecule has 2 N–H and O–H groups in total. The maximum absolute atomic E-state index is 13.4. The number of halogens is 2. The Hall–Kier alpha value is -2.22. The average Bonchev–Trinajstić information content (AvgIpc) is 2.91. The maximum atomic E-state index is 13.4. The number of rotatable bonds is 3. The van der Waals surface area contributed by atoms with Crippen molar-refractivity contribution in [1.82, 2.24) is 15.1 Å². The van der Waals surface area contributed by atoms with Crippen LogP contribution in [0.25, 0.3) is 0 Å². The number of fused-ring (bicyclic) bond motifs is 2. The van der Waals surface area contributed by atoms with Crippen molar-refractivity contribution in [2.45, 2.75) is 62.7 Å². The van der Waals surface area contributed by atoms with E-state index in [0.29, 0.717) is 12.6 Å². The lowest BCUT2D eigenvalue weighted by molar-refractivity contribution is 0.0419. The summed E-state index contributed by atoms with van der Waals surface area (Å²) in [6.45, 7) is 1.61. The summed E-state index contributed by atoms with van der Waals surface area (Å²) in [6.07, 6.45) is 4.44. The Morgan fingerprint density at radius 3 is 2.25 bits per heavy atom. The zero-order chi connectivity index (χ0) is 19.8. The monoisotopic (exact) mass is 393 g/mol. The van der Waals surface area contributed by atoms with Gasteiger partial charge in [-0.3, -0.25) is 9.69 Å². The minimum absolute atomic E-state index is 0.0116. The number of carbonyl (C=O) groups is 2. The predicted octanol–water partition coefficient (Wildman–Crippen LogP) is 2.83. The molecule has 3 atom stereocenters. The van der Waals surface area contributed by atoms with Crippen LogP contribution < -0.4 is 5.32 Å². The van der Waals surface area contributed by atoms with E-state index in [2.05, 4.69) is 10.2 Å². The van der Waals surface area contributed by atoms with Crippen LogP contribution in [0.2, 0.25) is 0 Å². The van der Waals surface area contributed by atoms with E-state index >= 15 is 0 Å². The fourth-order valence-corrected chi connectivity index (χ4v) is 5.17. The van der Waals surface area contributed by atoms with Crippen LogP contribution in [0.3, 0.4) is 0 Å². The van der Waals surface area contributed by atoms with Gasteiger partial charge in [0.05, 0.1) is 0 Å². The minimum Gasteiger partial charge on any atom is -0.465 e. The Morgan fingerprint density at radius 2 is 1.64 bits per heavy atom. The SMILES string of the molecule is O=C(NC1CCCN(C2CC3CCC(C2)N3C(=O)O)C1)c1cc(F)cc(F)c1. The maximum Gasteiger partial charge on any atom is 0.407 e. The molecule has 0 spiro atoms. The molecule has 0 aromatic heterocycles. The third kappa shape index (κ3) is 3.83. The molecule has 2 amide bonds. The average molecular weight is 393 g/mol. The van der Waals surface area contributed by atoms with E-state index in [-0.39, 0.29) is 23.7 Å². The van der Waals surface area contributed by atoms with E-state index in [9.17, 15) is 23.5 Å². The highest BCUT2D eigenvalue weighted by atomic mass is 19.1. The Bertz CT molecular complexity index is 741. The van der Waals surface area contributed by atoms with Crippen LogP contribution >= 0.6 is 0 Å². The molecular formula is C20H25F2N3O3. The van der Waals surface area contributed by atoms with Crippen LogP contribution in [0.5, 0.6) is 0 Å². The molecule has 3 aliphatic rings. The van der Waals surface area contributed by atoms with Crippen LogP contribution in [0.15, 0.2) is 18.2 Å². The van der Waals surface area contributed by atoms with E-state index in [0.717, 1.165) is 63.3 Å². The summed E-state index contributed by atoms with van der Waals surface area (Å²) in [5.41, 5.74) is -0.0116. The van der Waals surface area contributed by atoms with Gasteiger partial charge < -0.3 is 15.3 Å². The number of nitrogens with one attached hydrogen (secondary N) is 1. The number of amides is 2. The summed E-state index contributed by atoms with van der Waals surface area (Å²) in [6, 6.07) is 3.24. The van der Waals surface area contributed by atoms with Gasteiger partial charge in [0.2, 0.25) is 0 Å². The molecule has 0 aliphatic carbocycles. The lowest BCUT2D eigenvalue weighted by atomic mass is 9.93. The number of carbonyl (C=O) groups excluding carboxylic acids is 1. The molecule has 4 rings (SSSR count). The van der Waals surface area contributed by atoms with Gasteiger partial charge in [0.1, 0.15) is 11.6 Å². The minimum atomic E-state index is -0.822. The molecule has 3 fully saturated rings. The van der Waals surface area contributed by atoms with Crippen LogP contribution in [0, 0.1) is 11.6 Å². The van der Waals surface area contributed by atoms with E-state index in [1.165, 1.54) is 0 Å². The molecule has 8 heteroatoms. The first-order valence-corrected chi connectivity index (χ1v) is 9.93. The third-order valence-corrected chi connectivity index (χ3v) is 6.36. The summed E-state index contributed by atoms with van der Waals surface area (Å²) in [5, 5.41) is 12.3. The van der Waals surface area contributed by atoms with Gasteiger partial charge in [-0.05, 0) is 57.2 Å². The molecule has 3 heterocycles. The number of benzene rings is 1. The van der Waals surface area contributed by atoms with E-state index in [1.807, 2.05) is 0 Å². The van der Waals surface area contributed by atoms with Gasteiger partial charge in [-0.2, -0.15) is 0 Å². The first kappa shape index (κ1) is 19.1. The quantitative estimate of drug-likeness (QED) is 0.828. The van der Waals surface area contributed by atoms with Gasteiger partial charge in [-0.25, -0.2) is 13.6 Å². The summed E-state index contributed by atoms with van der Waals surface area (Å²) in [5.74, 6) is -2.00. The summed E-state index contributed by atoms with van der Waals surface area (Å²) in [4.78, 5) is 27.8. The number of likely N-dealkylation sites (tertiary alicyclic amines) is 1. The van der Waals surface area contributed by atoms with Gasteiger partial charge >= 0.3 is 6.09 Å². The van der Waals surface area contributed by atoms with E-state index < -0.39 is 23.6 Å². The van der Waals surface area contributed by atoms with Gasteiger partial charge in [-0.1, -0.05) is 0 Å². The highest BCUT2D eigenvalue weighted by Crippen LogP contribution is 2.38. The second-order valence-corrected chi connectivity index (χ2v) is 8.17. The third-order valence-electron chi connectivity index (χ3n) is 6.36.